The molecular weight excluding hydrogens is 512 g/mol. The van der Waals surface area contributed by atoms with Gasteiger partial charge in [0.25, 0.3) is 5.91 Å². The van der Waals surface area contributed by atoms with Crippen molar-refractivity contribution in [2.45, 2.75) is 39.4 Å². The molecule has 1 fully saturated rings. The minimum Gasteiger partial charge on any atom is -0.466 e. The van der Waals surface area contributed by atoms with Gasteiger partial charge >= 0.3 is 5.97 Å². The number of esters is 1. The fraction of sp³-hybridized carbons (Fsp3) is 0.393. The molecular formula is C28H29F2N3O6. The predicted molar refractivity (Wildman–Crippen MR) is 134 cm³/mol. The number of carbonyl (C=O) groups excluding carboxylic acids is 2. The number of rotatable bonds is 9. The first-order valence-electron chi connectivity index (χ1n) is 12.8. The molecule has 0 radical (unpaired) electrons. The Balaban J connectivity index is 1.31. The topological polar surface area (TPSA) is 94.3 Å². The van der Waals surface area contributed by atoms with Gasteiger partial charge in [0.2, 0.25) is 12.7 Å². The molecule has 0 N–H and O–H groups in total. The van der Waals surface area contributed by atoms with Crippen molar-refractivity contribution in [3.63, 3.8) is 0 Å². The highest BCUT2D eigenvalue weighted by Crippen LogP contribution is 2.33. The van der Waals surface area contributed by atoms with Crippen molar-refractivity contribution in [2.75, 3.05) is 26.5 Å². The number of nitrogens with zero attached hydrogens (tertiary/aromatic N) is 3. The van der Waals surface area contributed by atoms with Gasteiger partial charge in [0.15, 0.2) is 17.2 Å². The van der Waals surface area contributed by atoms with Gasteiger partial charge < -0.3 is 23.5 Å². The Morgan fingerprint density at radius 3 is 2.77 bits per heavy atom. The summed E-state index contributed by atoms with van der Waals surface area (Å²) in [5, 5.41) is 0. The standard InChI is InChI=1S/C28H29F2N3O6/c1-2-36-28(35)20-4-3-9-33(14-20)27(34)23-16-37-26(31-23)15-32(13-19-6-7-21(29)11-22(19)30)12-18-5-8-24-25(10-18)39-17-38-24/h5-8,10-11,16,20H,2-4,9,12-15,17H2,1H3/t20-/m0/s1. The van der Waals surface area contributed by atoms with E-state index in [2.05, 4.69) is 4.98 Å². The van der Waals surface area contributed by atoms with Crippen LogP contribution >= 0.6 is 0 Å². The minimum atomic E-state index is -0.657. The summed E-state index contributed by atoms with van der Waals surface area (Å²) in [6.45, 7) is 3.63. The van der Waals surface area contributed by atoms with E-state index in [-0.39, 0.29) is 55.8 Å². The lowest BCUT2D eigenvalue weighted by Gasteiger charge is -2.30. The molecule has 39 heavy (non-hydrogen) atoms. The molecule has 0 unspecified atom stereocenters. The summed E-state index contributed by atoms with van der Waals surface area (Å²) >= 11 is 0. The average molecular weight is 542 g/mol. The number of hydrogen-bond donors (Lipinski definition) is 0. The molecule has 2 aliphatic heterocycles. The molecule has 9 nitrogen and oxygen atoms in total. The lowest BCUT2D eigenvalue weighted by Crippen LogP contribution is -2.43. The number of likely N-dealkylation sites (tertiary alicyclic amines) is 1. The first-order valence-corrected chi connectivity index (χ1v) is 12.8. The first-order chi connectivity index (χ1) is 18.9. The lowest BCUT2D eigenvalue weighted by molar-refractivity contribution is -0.149. The van der Waals surface area contributed by atoms with Gasteiger partial charge in [0.05, 0.1) is 19.1 Å². The Morgan fingerprint density at radius 1 is 1.10 bits per heavy atom. The molecule has 5 rings (SSSR count). The number of aromatic nitrogens is 1. The molecule has 3 heterocycles. The van der Waals surface area contributed by atoms with Crippen LogP contribution in [-0.4, -0.2) is 53.1 Å². The van der Waals surface area contributed by atoms with E-state index in [4.69, 9.17) is 18.6 Å². The maximum Gasteiger partial charge on any atom is 0.310 e. The summed E-state index contributed by atoms with van der Waals surface area (Å²) in [4.78, 5) is 33.1. The average Bonchev–Trinajstić information content (AvgIpc) is 3.59. The Labute approximate surface area is 224 Å². The second kappa shape index (κ2) is 11.8. The Hall–Kier alpha value is -3.99. The van der Waals surface area contributed by atoms with E-state index in [0.29, 0.717) is 49.6 Å². The van der Waals surface area contributed by atoms with Crippen LogP contribution in [0.3, 0.4) is 0 Å². The Kier molecular flexibility index (Phi) is 8.06. The van der Waals surface area contributed by atoms with Gasteiger partial charge in [-0.25, -0.2) is 13.8 Å². The molecule has 0 saturated carbocycles. The number of fused-ring (bicyclic) bond motifs is 1. The summed E-state index contributed by atoms with van der Waals surface area (Å²) in [7, 11) is 0. The summed E-state index contributed by atoms with van der Waals surface area (Å²) in [5.74, 6) is -0.778. The number of oxazole rings is 1. The van der Waals surface area contributed by atoms with Crippen molar-refractivity contribution in [3.05, 3.63) is 77.0 Å². The second-order valence-corrected chi connectivity index (χ2v) is 9.54. The van der Waals surface area contributed by atoms with Crippen molar-refractivity contribution in [2.24, 2.45) is 5.92 Å². The van der Waals surface area contributed by atoms with E-state index in [1.165, 1.54) is 18.4 Å². The lowest BCUT2D eigenvalue weighted by atomic mass is 9.98. The number of hydrogen-bond acceptors (Lipinski definition) is 8. The molecule has 3 aromatic rings. The van der Waals surface area contributed by atoms with Gasteiger partial charge in [0, 0.05) is 37.8 Å². The van der Waals surface area contributed by atoms with E-state index in [1.54, 1.807) is 17.9 Å². The molecule has 2 aliphatic rings. The molecule has 2 aromatic carbocycles. The number of benzene rings is 2. The van der Waals surface area contributed by atoms with Crippen molar-refractivity contribution in [1.29, 1.82) is 0 Å². The molecule has 206 valence electrons. The van der Waals surface area contributed by atoms with Crippen LogP contribution in [0.15, 0.2) is 47.1 Å². The van der Waals surface area contributed by atoms with Crippen molar-refractivity contribution < 1.29 is 37.0 Å². The molecule has 11 heteroatoms. The molecule has 1 amide bonds. The third kappa shape index (κ3) is 6.36. The van der Waals surface area contributed by atoms with E-state index in [0.717, 1.165) is 11.6 Å². The zero-order chi connectivity index (χ0) is 27.4. The zero-order valence-electron chi connectivity index (χ0n) is 21.5. The third-order valence-electron chi connectivity index (χ3n) is 6.71. The maximum absolute atomic E-state index is 14.5. The molecule has 1 saturated heterocycles. The van der Waals surface area contributed by atoms with Crippen LogP contribution in [0.4, 0.5) is 8.78 Å². The van der Waals surface area contributed by atoms with Crippen LogP contribution < -0.4 is 9.47 Å². The quantitative estimate of drug-likeness (QED) is 0.370. The molecule has 1 atom stereocenters. The Bertz CT molecular complexity index is 1350. The fourth-order valence-corrected chi connectivity index (χ4v) is 4.81. The highest BCUT2D eigenvalue weighted by atomic mass is 19.1. The van der Waals surface area contributed by atoms with Gasteiger partial charge in [0.1, 0.15) is 17.9 Å². The van der Waals surface area contributed by atoms with E-state index >= 15 is 0 Å². The van der Waals surface area contributed by atoms with Crippen molar-refractivity contribution in [1.82, 2.24) is 14.8 Å². The summed E-state index contributed by atoms with van der Waals surface area (Å²) in [5.41, 5.74) is 1.31. The predicted octanol–water partition coefficient (Wildman–Crippen LogP) is 4.30. The van der Waals surface area contributed by atoms with Crippen LogP contribution in [-0.2, 0) is 29.2 Å². The molecule has 0 bridgehead atoms. The zero-order valence-corrected chi connectivity index (χ0v) is 21.5. The van der Waals surface area contributed by atoms with E-state index in [9.17, 15) is 18.4 Å². The molecule has 1 aromatic heterocycles. The van der Waals surface area contributed by atoms with Crippen LogP contribution in [0.2, 0.25) is 0 Å². The Morgan fingerprint density at radius 2 is 1.95 bits per heavy atom. The number of piperidine rings is 1. The monoisotopic (exact) mass is 541 g/mol. The summed E-state index contributed by atoms with van der Waals surface area (Å²) in [6, 6.07) is 8.98. The fourth-order valence-electron chi connectivity index (χ4n) is 4.81. The largest absolute Gasteiger partial charge is 0.466 e. The van der Waals surface area contributed by atoms with Crippen molar-refractivity contribution in [3.8, 4) is 11.5 Å². The summed E-state index contributed by atoms with van der Waals surface area (Å²) in [6.07, 6.45) is 2.65. The van der Waals surface area contributed by atoms with Gasteiger partial charge in [-0.15, -0.1) is 0 Å². The minimum absolute atomic E-state index is 0.130. The van der Waals surface area contributed by atoms with Crippen LogP contribution in [0.25, 0.3) is 0 Å². The van der Waals surface area contributed by atoms with Crippen LogP contribution in [0, 0.1) is 17.6 Å². The second-order valence-electron chi connectivity index (χ2n) is 9.54. The molecule has 0 spiro atoms. The van der Waals surface area contributed by atoms with Gasteiger partial charge in [-0.1, -0.05) is 12.1 Å². The number of carbonyl (C=O) groups is 2. The number of ether oxygens (including phenoxy) is 3. The van der Waals surface area contributed by atoms with E-state index in [1.807, 2.05) is 17.0 Å². The normalized spacial score (nSPS) is 16.5. The first kappa shape index (κ1) is 26.6. The summed E-state index contributed by atoms with van der Waals surface area (Å²) < 4.78 is 49.6. The maximum atomic E-state index is 14.5. The van der Waals surface area contributed by atoms with Gasteiger partial charge in [-0.05, 0) is 43.5 Å². The van der Waals surface area contributed by atoms with Crippen molar-refractivity contribution >= 4 is 11.9 Å². The smallest absolute Gasteiger partial charge is 0.310 e. The third-order valence-corrected chi connectivity index (χ3v) is 6.71. The highest BCUT2D eigenvalue weighted by Gasteiger charge is 2.31. The number of amides is 1. The van der Waals surface area contributed by atoms with E-state index < -0.39 is 11.6 Å². The van der Waals surface area contributed by atoms with Gasteiger partial charge in [-0.2, -0.15) is 0 Å². The number of halogens is 2. The van der Waals surface area contributed by atoms with Crippen LogP contribution in [0.1, 0.15) is 47.3 Å². The highest BCUT2D eigenvalue weighted by molar-refractivity contribution is 5.92. The molecule has 0 aliphatic carbocycles. The van der Waals surface area contributed by atoms with Crippen LogP contribution in [0.5, 0.6) is 11.5 Å². The van der Waals surface area contributed by atoms with Gasteiger partial charge in [-0.3, -0.25) is 14.5 Å². The SMILES string of the molecule is CCOC(=O)[C@H]1CCCN(C(=O)c2coc(CN(Cc3ccc4c(c3)OCO4)Cc3ccc(F)cc3F)n2)C1.